The highest BCUT2D eigenvalue weighted by molar-refractivity contribution is 7.81. The van der Waals surface area contributed by atoms with Crippen LogP contribution in [-0.4, -0.2) is 95.8 Å². The maximum Gasteiger partial charge on any atom is 0.417 e. The normalized spacial score (nSPS) is 16.4. The van der Waals surface area contributed by atoms with Gasteiger partial charge >= 0.3 is 6.18 Å². The van der Waals surface area contributed by atoms with Crippen LogP contribution in [0, 0.1) is 23.7 Å². The SMILES string of the molecule is Cc1ncsc1-c1ccc(CNC(=O)[C@@H]2CCCN2C(=O)C(NC(=O)CCCOCCCOCCOc2ccc(N3C(=S)N(c4ccc(C#N)c(C(F)(F)F)c4)C(=O)C3(C)C)cc2)C(C)(C)C)cc1. The Morgan fingerprint density at radius 2 is 1.62 bits per heavy atom. The molecule has 2 fully saturated rings. The van der Waals surface area contributed by atoms with Gasteiger partial charge in [-0.3, -0.25) is 24.1 Å². The Hall–Kier alpha value is -5.94. The smallest absolute Gasteiger partial charge is 0.417 e. The van der Waals surface area contributed by atoms with Crippen molar-refractivity contribution in [2.45, 2.75) is 104 Å². The first kappa shape index (κ1) is 52.4. The number of ether oxygens (including phenoxy) is 3. The first-order valence-electron chi connectivity index (χ1n) is 22.8. The lowest BCUT2D eigenvalue weighted by Crippen LogP contribution is -2.57. The molecule has 0 radical (unpaired) electrons. The van der Waals surface area contributed by atoms with Crippen LogP contribution in [0.5, 0.6) is 5.75 Å². The fourth-order valence-electron chi connectivity index (χ4n) is 8.18. The Bertz CT molecular complexity index is 2520. The zero-order valence-corrected chi connectivity index (χ0v) is 41.2. The third kappa shape index (κ3) is 12.8. The van der Waals surface area contributed by atoms with E-state index in [1.807, 2.05) is 57.5 Å². The third-order valence-corrected chi connectivity index (χ3v) is 13.2. The molecule has 6 rings (SSSR count). The number of amides is 4. The number of hydrogen-bond donors (Lipinski definition) is 2. The van der Waals surface area contributed by atoms with Crippen LogP contribution in [-0.2, 0) is 41.4 Å². The maximum atomic E-state index is 13.9. The number of alkyl halides is 3. The number of nitrogens with one attached hydrogen (secondary N) is 2. The van der Waals surface area contributed by atoms with Crippen LogP contribution in [0.15, 0.2) is 72.2 Å². The number of thiazole rings is 1. The Balaban J connectivity index is 0.857. The van der Waals surface area contributed by atoms with Gasteiger partial charge in [-0.1, -0.05) is 45.0 Å². The van der Waals surface area contributed by atoms with Gasteiger partial charge < -0.3 is 34.6 Å². The summed E-state index contributed by atoms with van der Waals surface area (Å²) in [4.78, 5) is 63.6. The minimum Gasteiger partial charge on any atom is -0.491 e. The Kier molecular flexibility index (Phi) is 17.2. The summed E-state index contributed by atoms with van der Waals surface area (Å²) in [6.45, 7) is 13.4. The summed E-state index contributed by atoms with van der Waals surface area (Å²) in [5.74, 6) is -0.745. The van der Waals surface area contributed by atoms with E-state index >= 15 is 0 Å². The predicted molar refractivity (Wildman–Crippen MR) is 260 cm³/mol. The molecule has 3 heterocycles. The first-order chi connectivity index (χ1) is 32.7. The number of rotatable bonds is 20. The molecule has 3 aromatic carbocycles. The van der Waals surface area contributed by atoms with Crippen molar-refractivity contribution in [2.24, 2.45) is 5.41 Å². The molecule has 19 heteroatoms. The second-order valence-corrected chi connectivity index (χ2v) is 19.6. The number of anilines is 2. The fraction of sp³-hybridized carbons (Fsp3) is 0.460. The minimum absolute atomic E-state index is 0.00870. The number of hydrogen-bond acceptors (Lipinski definition) is 11. The molecule has 0 spiro atoms. The van der Waals surface area contributed by atoms with Crippen LogP contribution in [0.4, 0.5) is 24.5 Å². The third-order valence-electron chi connectivity index (χ3n) is 11.9. The van der Waals surface area contributed by atoms with E-state index in [0.717, 1.165) is 38.7 Å². The van der Waals surface area contributed by atoms with Gasteiger partial charge in [0.05, 0.1) is 45.6 Å². The number of halogens is 3. The van der Waals surface area contributed by atoms with E-state index in [2.05, 4.69) is 15.6 Å². The van der Waals surface area contributed by atoms with Crippen LogP contribution in [0.1, 0.15) is 89.1 Å². The fourth-order valence-corrected chi connectivity index (χ4v) is 9.52. The highest BCUT2D eigenvalue weighted by Gasteiger charge is 2.51. The molecule has 4 aromatic rings. The average molecular weight is 990 g/mol. The summed E-state index contributed by atoms with van der Waals surface area (Å²) in [6.07, 6.45) is -2.31. The second-order valence-electron chi connectivity index (χ2n) is 18.4. The molecule has 1 aromatic heterocycles. The number of nitrogens with zero attached hydrogens (tertiary/aromatic N) is 5. The predicted octanol–water partition coefficient (Wildman–Crippen LogP) is 8.35. The lowest BCUT2D eigenvalue weighted by Gasteiger charge is -2.35. The highest BCUT2D eigenvalue weighted by atomic mass is 32.1. The number of aromatic nitrogens is 1. The molecule has 2 saturated heterocycles. The van der Waals surface area contributed by atoms with E-state index in [0.29, 0.717) is 76.6 Å². The van der Waals surface area contributed by atoms with Crippen LogP contribution >= 0.6 is 23.6 Å². The number of aryl methyl sites for hydroxylation is 1. The van der Waals surface area contributed by atoms with Gasteiger partial charge in [0.2, 0.25) is 17.7 Å². The van der Waals surface area contributed by atoms with Gasteiger partial charge in [-0.25, -0.2) is 4.98 Å². The number of carbonyl (C=O) groups excluding carboxylic acids is 4. The molecule has 2 atom stereocenters. The van der Waals surface area contributed by atoms with Crippen molar-refractivity contribution >= 4 is 63.7 Å². The summed E-state index contributed by atoms with van der Waals surface area (Å²) >= 11 is 7.20. The largest absolute Gasteiger partial charge is 0.491 e. The van der Waals surface area contributed by atoms with Crippen LogP contribution in [0.2, 0.25) is 0 Å². The van der Waals surface area contributed by atoms with Crippen molar-refractivity contribution in [1.29, 1.82) is 5.26 Å². The Labute approximate surface area is 410 Å². The molecule has 0 bridgehead atoms. The zero-order chi connectivity index (χ0) is 50.1. The van der Waals surface area contributed by atoms with E-state index in [1.165, 1.54) is 6.07 Å². The topological polar surface area (TPSA) is 166 Å². The van der Waals surface area contributed by atoms with Crippen molar-refractivity contribution in [1.82, 2.24) is 20.5 Å². The summed E-state index contributed by atoms with van der Waals surface area (Å²) in [7, 11) is 0. The minimum atomic E-state index is -4.80. The molecule has 2 aliphatic heterocycles. The summed E-state index contributed by atoms with van der Waals surface area (Å²) < 4.78 is 58.3. The number of nitriles is 1. The van der Waals surface area contributed by atoms with Crippen LogP contribution < -0.4 is 25.2 Å². The summed E-state index contributed by atoms with van der Waals surface area (Å²) in [5, 5.41) is 15.1. The van der Waals surface area contributed by atoms with Gasteiger partial charge in [-0.2, -0.15) is 18.4 Å². The molecule has 2 aliphatic rings. The lowest BCUT2D eigenvalue weighted by atomic mass is 9.85. The Morgan fingerprint density at radius 1 is 0.957 bits per heavy atom. The molecule has 2 N–H and O–H groups in total. The summed E-state index contributed by atoms with van der Waals surface area (Å²) in [6, 6.07) is 18.0. The molecule has 69 heavy (non-hydrogen) atoms. The van der Waals surface area contributed by atoms with Crippen molar-refractivity contribution in [2.75, 3.05) is 49.4 Å². The van der Waals surface area contributed by atoms with E-state index in [-0.39, 0.29) is 41.5 Å². The van der Waals surface area contributed by atoms with Gasteiger partial charge in [-0.05, 0) is 118 Å². The number of thiocarbonyl (C=S) groups is 1. The number of likely N-dealkylation sites (tertiary alicyclic amines) is 1. The molecular weight excluding hydrogens is 932 g/mol. The first-order valence-corrected chi connectivity index (χ1v) is 24.1. The van der Waals surface area contributed by atoms with Gasteiger partial charge in [0.25, 0.3) is 5.91 Å². The molecule has 0 saturated carbocycles. The number of benzene rings is 3. The second kappa shape index (κ2) is 22.7. The Morgan fingerprint density at radius 3 is 2.26 bits per heavy atom. The van der Waals surface area contributed by atoms with Crippen molar-refractivity contribution in [3.8, 4) is 22.3 Å². The van der Waals surface area contributed by atoms with E-state index in [9.17, 15) is 37.6 Å². The monoisotopic (exact) mass is 989 g/mol. The molecule has 368 valence electrons. The van der Waals surface area contributed by atoms with Crippen LogP contribution in [0.3, 0.4) is 0 Å². The van der Waals surface area contributed by atoms with E-state index in [4.69, 9.17) is 26.4 Å². The zero-order valence-electron chi connectivity index (χ0n) is 39.6. The highest BCUT2D eigenvalue weighted by Crippen LogP contribution is 2.40. The molecule has 4 amide bonds. The molecule has 1 unspecified atom stereocenters. The molecule has 14 nitrogen and oxygen atoms in total. The van der Waals surface area contributed by atoms with Gasteiger partial charge in [0, 0.05) is 45.0 Å². The van der Waals surface area contributed by atoms with E-state index in [1.54, 1.807) is 65.3 Å². The molecule has 0 aliphatic carbocycles. The van der Waals surface area contributed by atoms with E-state index < -0.39 is 46.2 Å². The van der Waals surface area contributed by atoms with Gasteiger partial charge in [0.1, 0.15) is 30.0 Å². The summed E-state index contributed by atoms with van der Waals surface area (Å²) in [5.41, 5.74) is 1.73. The lowest BCUT2D eigenvalue weighted by molar-refractivity contribution is -0.144. The maximum absolute atomic E-state index is 13.9. The quantitative estimate of drug-likeness (QED) is 0.0646. The van der Waals surface area contributed by atoms with Crippen molar-refractivity contribution in [3.05, 3.63) is 94.6 Å². The average Bonchev–Trinajstić information content (AvgIpc) is 4.02. The van der Waals surface area contributed by atoms with Gasteiger partial charge in [-0.15, -0.1) is 11.3 Å². The van der Waals surface area contributed by atoms with Gasteiger partial charge in [0.15, 0.2) is 5.11 Å². The van der Waals surface area contributed by atoms with Crippen molar-refractivity contribution in [3.63, 3.8) is 0 Å². The number of carbonyl (C=O) groups is 4. The van der Waals surface area contributed by atoms with Crippen LogP contribution in [0.25, 0.3) is 10.4 Å². The van der Waals surface area contributed by atoms with Crippen molar-refractivity contribution < 1.29 is 46.6 Å². The molecular formula is C50H58F3N7O7S2. The standard InChI is InChI=1S/C50H58F3N7O7S2/c1-32-42(69-31-56-32)34-14-12-33(13-15-34)30-55-44(62)40-10-7-22-58(40)45(63)43(48(2,3)4)57-41(61)11-8-23-65-24-9-25-66-26-27-67-38-20-18-36(19-21-38)60-47(68)59(46(64)49(60,5)6)37-17-16-35(29-54)39(28-37)50(51,52)53/h12-21,28,31,40,43H,7-11,22-27,30H2,1-6H3,(H,55,62)(H,57,61)/t40-,43?/m0/s1.